The van der Waals surface area contributed by atoms with Crippen LogP contribution in [0.4, 0.5) is 19.0 Å². The molecule has 0 unspecified atom stereocenters. The summed E-state index contributed by atoms with van der Waals surface area (Å²) in [6.45, 7) is 2.47. The number of rotatable bonds is 7. The summed E-state index contributed by atoms with van der Waals surface area (Å²) in [4.78, 5) is 14.1. The Labute approximate surface area is 115 Å². The van der Waals surface area contributed by atoms with E-state index in [-0.39, 0.29) is 18.7 Å². The van der Waals surface area contributed by atoms with E-state index in [0.717, 1.165) is 18.9 Å². The van der Waals surface area contributed by atoms with Crippen molar-refractivity contribution >= 4 is 11.8 Å². The van der Waals surface area contributed by atoms with E-state index in [9.17, 15) is 18.0 Å². The normalized spacial score (nSPS) is 11.4. The van der Waals surface area contributed by atoms with Crippen LogP contribution in [0.2, 0.25) is 0 Å². The van der Waals surface area contributed by atoms with Crippen molar-refractivity contribution in [1.82, 2.24) is 4.98 Å². The van der Waals surface area contributed by atoms with Gasteiger partial charge in [-0.05, 0) is 24.5 Å². The summed E-state index contributed by atoms with van der Waals surface area (Å²) < 4.78 is 37.9. The van der Waals surface area contributed by atoms with Crippen molar-refractivity contribution in [2.45, 2.75) is 38.8 Å². The van der Waals surface area contributed by atoms with Crippen molar-refractivity contribution in [3.63, 3.8) is 0 Å². The predicted octanol–water partition coefficient (Wildman–Crippen LogP) is 3.33. The molecule has 0 aliphatic rings. The number of hydrogen-bond acceptors (Lipinski definition) is 3. The highest BCUT2D eigenvalue weighted by Gasteiger charge is 2.33. The molecule has 2 N–H and O–H groups in total. The van der Waals surface area contributed by atoms with Gasteiger partial charge in [0.05, 0.1) is 0 Å². The van der Waals surface area contributed by atoms with E-state index in [2.05, 4.69) is 10.3 Å². The van der Waals surface area contributed by atoms with Gasteiger partial charge >= 0.3 is 12.1 Å². The number of carboxylic acids is 1. The highest BCUT2D eigenvalue weighted by atomic mass is 19.4. The fourth-order valence-electron chi connectivity index (χ4n) is 1.63. The van der Waals surface area contributed by atoms with Gasteiger partial charge in [-0.25, -0.2) is 4.98 Å². The van der Waals surface area contributed by atoms with E-state index in [1.54, 1.807) is 0 Å². The molecule has 7 heteroatoms. The van der Waals surface area contributed by atoms with Gasteiger partial charge in [-0.3, -0.25) is 4.79 Å². The highest BCUT2D eigenvalue weighted by Crippen LogP contribution is 2.29. The van der Waals surface area contributed by atoms with Gasteiger partial charge in [-0.2, -0.15) is 13.2 Å². The smallest absolute Gasteiger partial charge is 0.433 e. The molecular formula is C13H17F3N2O2. The van der Waals surface area contributed by atoms with Gasteiger partial charge in [0.25, 0.3) is 0 Å². The van der Waals surface area contributed by atoms with Crippen molar-refractivity contribution in [1.29, 1.82) is 0 Å². The van der Waals surface area contributed by atoms with Crippen molar-refractivity contribution in [2.24, 2.45) is 0 Å². The Kier molecular flexibility index (Phi) is 5.79. The largest absolute Gasteiger partial charge is 0.481 e. The first-order chi connectivity index (χ1) is 9.34. The van der Waals surface area contributed by atoms with Crippen molar-refractivity contribution in [3.05, 3.63) is 23.4 Å². The van der Waals surface area contributed by atoms with Crippen LogP contribution >= 0.6 is 0 Å². The van der Waals surface area contributed by atoms with Gasteiger partial charge in [-0.15, -0.1) is 0 Å². The Hall–Kier alpha value is -1.79. The van der Waals surface area contributed by atoms with Crippen LogP contribution in [0.25, 0.3) is 0 Å². The van der Waals surface area contributed by atoms with Crippen LogP contribution in [-0.2, 0) is 17.4 Å². The summed E-state index contributed by atoms with van der Waals surface area (Å²) in [7, 11) is 0. The van der Waals surface area contributed by atoms with Gasteiger partial charge in [0, 0.05) is 13.0 Å². The zero-order valence-electron chi connectivity index (χ0n) is 11.1. The minimum atomic E-state index is -4.51. The van der Waals surface area contributed by atoms with E-state index in [1.165, 1.54) is 6.07 Å². The third-order valence-corrected chi connectivity index (χ3v) is 2.70. The summed E-state index contributed by atoms with van der Waals surface area (Å²) in [5, 5.41) is 11.5. The lowest BCUT2D eigenvalue weighted by molar-refractivity contribution is -0.141. The molecule has 0 atom stereocenters. The lowest BCUT2D eigenvalue weighted by Crippen LogP contribution is -2.13. The molecule has 1 rings (SSSR count). The fourth-order valence-corrected chi connectivity index (χ4v) is 1.63. The zero-order valence-corrected chi connectivity index (χ0v) is 11.1. The van der Waals surface area contributed by atoms with Gasteiger partial charge < -0.3 is 10.4 Å². The van der Waals surface area contributed by atoms with Gasteiger partial charge in [0.15, 0.2) is 0 Å². The highest BCUT2D eigenvalue weighted by molar-refractivity contribution is 5.67. The maximum atomic E-state index is 12.6. The SMILES string of the molecule is CCCCNc1nc(C(F)(F)F)ccc1CCC(=O)O. The number of halogens is 3. The number of carbonyl (C=O) groups is 1. The van der Waals surface area contributed by atoms with Crippen LogP contribution in [0.15, 0.2) is 12.1 Å². The van der Waals surface area contributed by atoms with Crippen LogP contribution in [0.5, 0.6) is 0 Å². The number of aliphatic carboxylic acids is 1. The number of pyridine rings is 1. The second-order valence-electron chi connectivity index (χ2n) is 4.38. The van der Waals surface area contributed by atoms with E-state index in [4.69, 9.17) is 5.11 Å². The average molecular weight is 290 g/mol. The quantitative estimate of drug-likeness (QED) is 0.756. The van der Waals surface area contributed by atoms with Crippen molar-refractivity contribution in [2.75, 3.05) is 11.9 Å². The van der Waals surface area contributed by atoms with Crippen molar-refractivity contribution in [3.8, 4) is 0 Å². The standard InChI is InChI=1S/C13H17F3N2O2/c1-2-3-8-17-12-9(5-7-11(19)20)4-6-10(18-12)13(14,15)16/h4,6H,2-3,5,7-8H2,1H3,(H,17,18)(H,19,20). The number of aryl methyl sites for hydroxylation is 1. The Morgan fingerprint density at radius 2 is 2.10 bits per heavy atom. The number of nitrogens with one attached hydrogen (secondary N) is 1. The summed E-state index contributed by atoms with van der Waals surface area (Å²) >= 11 is 0. The number of unbranched alkanes of at least 4 members (excludes halogenated alkanes) is 1. The maximum absolute atomic E-state index is 12.6. The molecule has 1 heterocycles. The van der Waals surface area contributed by atoms with Crippen LogP contribution in [0, 0.1) is 0 Å². The van der Waals surface area contributed by atoms with Gasteiger partial charge in [0.2, 0.25) is 0 Å². The molecule has 0 radical (unpaired) electrons. The molecule has 0 fully saturated rings. The first-order valence-corrected chi connectivity index (χ1v) is 6.37. The molecule has 0 spiro atoms. The molecule has 20 heavy (non-hydrogen) atoms. The number of nitrogens with zero attached hydrogens (tertiary/aromatic N) is 1. The lowest BCUT2D eigenvalue weighted by Gasteiger charge is -2.13. The predicted molar refractivity (Wildman–Crippen MR) is 68.6 cm³/mol. The van der Waals surface area contributed by atoms with Crippen molar-refractivity contribution < 1.29 is 23.1 Å². The number of hydrogen-bond donors (Lipinski definition) is 2. The number of anilines is 1. The second kappa shape index (κ2) is 7.12. The summed E-state index contributed by atoms with van der Waals surface area (Å²) in [6.07, 6.45) is -2.80. The third-order valence-electron chi connectivity index (χ3n) is 2.70. The molecular weight excluding hydrogens is 273 g/mol. The molecule has 0 saturated carbocycles. The molecule has 0 aromatic carbocycles. The maximum Gasteiger partial charge on any atom is 0.433 e. The molecule has 112 valence electrons. The Balaban J connectivity index is 2.93. The summed E-state index contributed by atoms with van der Waals surface area (Å²) in [5.41, 5.74) is -0.493. The third kappa shape index (κ3) is 5.07. The number of alkyl halides is 3. The molecule has 1 aromatic heterocycles. The van der Waals surface area contributed by atoms with Gasteiger partial charge in [0.1, 0.15) is 11.5 Å². The Morgan fingerprint density at radius 3 is 2.65 bits per heavy atom. The first-order valence-electron chi connectivity index (χ1n) is 6.37. The molecule has 0 bridgehead atoms. The monoisotopic (exact) mass is 290 g/mol. The van der Waals surface area contributed by atoms with Crippen LogP contribution in [-0.4, -0.2) is 22.6 Å². The summed E-state index contributed by atoms with van der Waals surface area (Å²) in [5.74, 6) is -0.876. The summed E-state index contributed by atoms with van der Waals surface area (Å²) in [6, 6.07) is 2.16. The minimum absolute atomic E-state index is 0.120. The molecule has 1 aromatic rings. The Bertz CT molecular complexity index is 461. The Morgan fingerprint density at radius 1 is 1.40 bits per heavy atom. The number of carboxylic acid groups (broad SMARTS) is 1. The lowest BCUT2D eigenvalue weighted by atomic mass is 10.1. The minimum Gasteiger partial charge on any atom is -0.481 e. The van der Waals surface area contributed by atoms with E-state index >= 15 is 0 Å². The molecule has 0 saturated heterocycles. The average Bonchev–Trinajstić information content (AvgIpc) is 2.36. The van der Waals surface area contributed by atoms with Gasteiger partial charge in [-0.1, -0.05) is 19.4 Å². The van der Waals surface area contributed by atoms with Crippen LogP contribution in [0.3, 0.4) is 0 Å². The first kappa shape index (κ1) is 16.3. The van der Waals surface area contributed by atoms with Crippen LogP contribution in [0.1, 0.15) is 37.4 Å². The van der Waals surface area contributed by atoms with E-state index in [0.29, 0.717) is 12.1 Å². The topological polar surface area (TPSA) is 62.2 Å². The zero-order chi connectivity index (χ0) is 15.2. The molecule has 0 amide bonds. The fraction of sp³-hybridized carbons (Fsp3) is 0.538. The van der Waals surface area contributed by atoms with E-state index in [1.807, 2.05) is 6.92 Å². The van der Waals surface area contributed by atoms with E-state index < -0.39 is 17.8 Å². The molecule has 0 aliphatic carbocycles. The number of aromatic nitrogens is 1. The molecule has 0 aliphatic heterocycles. The van der Waals surface area contributed by atoms with Crippen LogP contribution < -0.4 is 5.32 Å². The second-order valence-corrected chi connectivity index (χ2v) is 4.38. The molecule has 4 nitrogen and oxygen atoms in total.